The van der Waals surface area contributed by atoms with E-state index in [4.69, 9.17) is 0 Å². The van der Waals surface area contributed by atoms with Crippen molar-refractivity contribution in [3.05, 3.63) is 52.5 Å². The maximum atomic E-state index is 14.0. The fourth-order valence-electron chi connectivity index (χ4n) is 2.80. The molecule has 1 fully saturated rings. The van der Waals surface area contributed by atoms with Gasteiger partial charge >= 0.3 is 0 Å². The molecule has 3 aromatic rings. The van der Waals surface area contributed by atoms with Gasteiger partial charge in [0.2, 0.25) is 0 Å². The molecule has 8 heteroatoms. The molecule has 1 aliphatic rings. The average molecular weight is 374 g/mol. The molecule has 4 rings (SSSR count). The predicted octanol–water partition coefficient (Wildman–Crippen LogP) is 3.95. The maximum Gasteiger partial charge on any atom is 0.275 e. The van der Waals surface area contributed by atoms with E-state index < -0.39 is 11.6 Å². The number of hydrogen-bond acceptors (Lipinski definition) is 5. The molecule has 0 amide bonds. The molecule has 5 nitrogen and oxygen atoms in total. The second kappa shape index (κ2) is 6.68. The number of thioether (sulfide) groups is 1. The fraction of sp³-hybridized carbons (Fsp3) is 0.278. The van der Waals surface area contributed by atoms with Crippen molar-refractivity contribution in [2.24, 2.45) is 5.92 Å². The molecule has 2 heterocycles. The van der Waals surface area contributed by atoms with Crippen molar-refractivity contribution in [2.45, 2.75) is 24.5 Å². The SMILES string of the molecule is CSc1ncc2cc(Nc3ccc(F)cc3F)c(=O)n(CC3CC3)c2n1. The molecule has 134 valence electrons. The first-order valence-corrected chi connectivity index (χ1v) is 9.44. The quantitative estimate of drug-likeness (QED) is 0.541. The second-order valence-corrected chi connectivity index (χ2v) is 7.08. The third-order valence-corrected chi connectivity index (χ3v) is 4.89. The van der Waals surface area contributed by atoms with Gasteiger partial charge in [-0.3, -0.25) is 9.36 Å². The number of pyridine rings is 1. The molecule has 0 aliphatic heterocycles. The molecule has 0 spiro atoms. The highest BCUT2D eigenvalue weighted by Gasteiger charge is 2.24. The molecular weight excluding hydrogens is 358 g/mol. The molecule has 1 aromatic carbocycles. The summed E-state index contributed by atoms with van der Waals surface area (Å²) in [4.78, 5) is 21.7. The number of hydrogen-bond donors (Lipinski definition) is 1. The van der Waals surface area contributed by atoms with E-state index in [1.807, 2.05) is 6.26 Å². The van der Waals surface area contributed by atoms with Gasteiger partial charge in [-0.25, -0.2) is 18.7 Å². The van der Waals surface area contributed by atoms with Crippen LogP contribution in [0.2, 0.25) is 0 Å². The van der Waals surface area contributed by atoms with Crippen LogP contribution in [0.4, 0.5) is 20.2 Å². The summed E-state index contributed by atoms with van der Waals surface area (Å²) in [5.74, 6) is -0.968. The van der Waals surface area contributed by atoms with Crippen LogP contribution in [0, 0.1) is 17.6 Å². The predicted molar refractivity (Wildman–Crippen MR) is 97.9 cm³/mol. The van der Waals surface area contributed by atoms with Crippen LogP contribution in [0.3, 0.4) is 0 Å². The molecule has 0 radical (unpaired) electrons. The van der Waals surface area contributed by atoms with Crippen LogP contribution < -0.4 is 10.9 Å². The summed E-state index contributed by atoms with van der Waals surface area (Å²) in [6, 6.07) is 4.80. The lowest BCUT2D eigenvalue weighted by Gasteiger charge is -2.14. The summed E-state index contributed by atoms with van der Waals surface area (Å²) in [5, 5.41) is 4.06. The zero-order valence-corrected chi connectivity index (χ0v) is 14.8. The standard InChI is InChI=1S/C18H16F2N4OS/c1-26-18-21-8-11-6-15(22-14-5-4-12(19)7-13(14)20)17(25)24(16(11)23-18)9-10-2-3-10/h4-8,10,22H,2-3,9H2,1H3. The number of rotatable bonds is 5. The highest BCUT2D eigenvalue weighted by atomic mass is 32.2. The van der Waals surface area contributed by atoms with Crippen molar-refractivity contribution < 1.29 is 8.78 Å². The van der Waals surface area contributed by atoms with Gasteiger partial charge in [0.05, 0.1) is 5.69 Å². The summed E-state index contributed by atoms with van der Waals surface area (Å²) >= 11 is 1.40. The lowest BCUT2D eigenvalue weighted by atomic mass is 10.2. The van der Waals surface area contributed by atoms with Gasteiger partial charge in [0.25, 0.3) is 5.56 Å². The van der Waals surface area contributed by atoms with Gasteiger partial charge in [0.15, 0.2) is 5.16 Å². The van der Waals surface area contributed by atoms with Gasteiger partial charge < -0.3 is 5.32 Å². The molecular formula is C18H16F2N4OS. The summed E-state index contributed by atoms with van der Waals surface area (Å²) in [7, 11) is 0. The number of nitrogens with zero attached hydrogens (tertiary/aromatic N) is 3. The zero-order valence-electron chi connectivity index (χ0n) is 14.0. The van der Waals surface area contributed by atoms with E-state index in [1.54, 1.807) is 16.8 Å². The first-order valence-electron chi connectivity index (χ1n) is 8.22. The van der Waals surface area contributed by atoms with Crippen LogP contribution in [0.25, 0.3) is 11.0 Å². The molecule has 1 N–H and O–H groups in total. The van der Waals surface area contributed by atoms with E-state index >= 15 is 0 Å². The van der Waals surface area contributed by atoms with Gasteiger partial charge in [0, 0.05) is 24.2 Å². The average Bonchev–Trinajstić information content (AvgIpc) is 3.44. The third kappa shape index (κ3) is 3.29. The highest BCUT2D eigenvalue weighted by molar-refractivity contribution is 7.98. The summed E-state index contributed by atoms with van der Waals surface area (Å²) < 4.78 is 28.7. The van der Waals surface area contributed by atoms with Crippen molar-refractivity contribution in [1.82, 2.24) is 14.5 Å². The Labute approximate surface area is 152 Å². The van der Waals surface area contributed by atoms with Crippen LogP contribution in [0.1, 0.15) is 12.8 Å². The van der Waals surface area contributed by atoms with E-state index in [1.165, 1.54) is 17.8 Å². The maximum absolute atomic E-state index is 14.0. The number of benzene rings is 1. The molecule has 0 unspecified atom stereocenters. The summed E-state index contributed by atoms with van der Waals surface area (Å²) in [5.41, 5.74) is 0.553. The lowest BCUT2D eigenvalue weighted by Crippen LogP contribution is -2.25. The van der Waals surface area contributed by atoms with E-state index in [0.29, 0.717) is 28.7 Å². The van der Waals surface area contributed by atoms with Crippen molar-refractivity contribution >= 4 is 34.2 Å². The molecule has 0 atom stereocenters. The minimum atomic E-state index is -0.757. The minimum Gasteiger partial charge on any atom is -0.349 e. The van der Waals surface area contributed by atoms with Gasteiger partial charge in [-0.15, -0.1) is 0 Å². The first kappa shape index (κ1) is 17.0. The largest absolute Gasteiger partial charge is 0.349 e. The smallest absolute Gasteiger partial charge is 0.275 e. The number of anilines is 2. The lowest BCUT2D eigenvalue weighted by molar-refractivity contribution is 0.586. The van der Waals surface area contributed by atoms with Crippen molar-refractivity contribution in [3.8, 4) is 0 Å². The van der Waals surface area contributed by atoms with Gasteiger partial charge in [-0.2, -0.15) is 0 Å². The Hall–Kier alpha value is -2.48. The Balaban J connectivity index is 1.84. The van der Waals surface area contributed by atoms with Crippen LogP contribution in [-0.4, -0.2) is 20.8 Å². The summed E-state index contributed by atoms with van der Waals surface area (Å²) in [6.07, 6.45) is 5.69. The molecule has 1 saturated carbocycles. The van der Waals surface area contributed by atoms with Gasteiger partial charge in [-0.05, 0) is 43.2 Å². The number of halogens is 2. The van der Waals surface area contributed by atoms with Crippen LogP contribution in [-0.2, 0) is 6.54 Å². The molecule has 0 saturated heterocycles. The monoisotopic (exact) mass is 374 g/mol. The van der Waals surface area contributed by atoms with E-state index in [-0.39, 0.29) is 16.9 Å². The van der Waals surface area contributed by atoms with Gasteiger partial charge in [-0.1, -0.05) is 11.8 Å². The Bertz CT molecular complexity index is 1050. The zero-order chi connectivity index (χ0) is 18.3. The van der Waals surface area contributed by atoms with Crippen LogP contribution in [0.15, 0.2) is 40.4 Å². The molecule has 1 aliphatic carbocycles. The van der Waals surface area contributed by atoms with E-state index in [2.05, 4.69) is 15.3 Å². The van der Waals surface area contributed by atoms with Crippen LogP contribution >= 0.6 is 11.8 Å². The molecule has 26 heavy (non-hydrogen) atoms. The Morgan fingerprint density at radius 3 is 2.77 bits per heavy atom. The van der Waals surface area contributed by atoms with Crippen LogP contribution in [0.5, 0.6) is 0 Å². The normalized spacial score (nSPS) is 14.0. The highest BCUT2D eigenvalue weighted by Crippen LogP contribution is 2.31. The minimum absolute atomic E-state index is 0.0440. The van der Waals surface area contributed by atoms with Crippen molar-refractivity contribution in [3.63, 3.8) is 0 Å². The first-order chi connectivity index (χ1) is 12.5. The van der Waals surface area contributed by atoms with E-state index in [9.17, 15) is 13.6 Å². The molecule has 0 bridgehead atoms. The Morgan fingerprint density at radius 2 is 2.08 bits per heavy atom. The van der Waals surface area contributed by atoms with Crippen molar-refractivity contribution in [2.75, 3.05) is 11.6 Å². The fourth-order valence-corrected chi connectivity index (χ4v) is 3.13. The van der Waals surface area contributed by atoms with Crippen molar-refractivity contribution in [1.29, 1.82) is 0 Å². The van der Waals surface area contributed by atoms with Gasteiger partial charge in [0.1, 0.15) is 23.0 Å². The number of fused-ring (bicyclic) bond motifs is 1. The summed E-state index contributed by atoms with van der Waals surface area (Å²) in [6.45, 7) is 0.571. The third-order valence-electron chi connectivity index (χ3n) is 4.33. The Kier molecular flexibility index (Phi) is 4.36. The molecule has 2 aromatic heterocycles. The Morgan fingerprint density at radius 1 is 1.27 bits per heavy atom. The van der Waals surface area contributed by atoms with E-state index in [0.717, 1.165) is 25.0 Å². The topological polar surface area (TPSA) is 59.8 Å². The number of aromatic nitrogens is 3. The number of nitrogens with one attached hydrogen (secondary N) is 1. The second-order valence-electron chi connectivity index (χ2n) is 6.30.